The Balaban J connectivity index is 0.00000180. The normalized spacial score (nSPS) is 17.4. The average Bonchev–Trinajstić information content (AvgIpc) is 2.67. The largest absolute Gasteiger partial charge is 0.370 e. The molecule has 0 bridgehead atoms. The predicted molar refractivity (Wildman–Crippen MR) is 88.8 cm³/mol. The minimum absolute atomic E-state index is 0. The lowest BCUT2D eigenvalue weighted by molar-refractivity contribution is 0.277. The van der Waals surface area contributed by atoms with E-state index in [1.54, 1.807) is 0 Å². The lowest BCUT2D eigenvalue weighted by Crippen LogP contribution is -2.42. The van der Waals surface area contributed by atoms with E-state index in [0.29, 0.717) is 12.5 Å². The summed E-state index contributed by atoms with van der Waals surface area (Å²) in [6.45, 7) is 8.98. The molecule has 2 heterocycles. The SMILES string of the molecule is Cc1n[nH]c(C)c1CN=C(N)N1CCC(C)CC1.I. The maximum absolute atomic E-state index is 6.06. The first-order valence-electron chi connectivity index (χ1n) is 6.63. The number of hydrogen-bond donors (Lipinski definition) is 2. The molecule has 5 nitrogen and oxygen atoms in total. The van der Waals surface area contributed by atoms with Gasteiger partial charge in [0.1, 0.15) is 0 Å². The van der Waals surface area contributed by atoms with Crippen LogP contribution >= 0.6 is 24.0 Å². The highest BCUT2D eigenvalue weighted by molar-refractivity contribution is 14.0. The summed E-state index contributed by atoms with van der Waals surface area (Å²) in [5.41, 5.74) is 9.30. The van der Waals surface area contributed by atoms with E-state index < -0.39 is 0 Å². The maximum Gasteiger partial charge on any atom is 0.191 e. The molecule has 0 saturated carbocycles. The van der Waals surface area contributed by atoms with Crippen LogP contribution in [0.1, 0.15) is 36.7 Å². The third kappa shape index (κ3) is 4.09. The molecular formula is C13H24IN5. The maximum atomic E-state index is 6.06. The number of nitrogens with zero attached hydrogens (tertiary/aromatic N) is 3. The molecule has 0 unspecified atom stereocenters. The van der Waals surface area contributed by atoms with E-state index in [9.17, 15) is 0 Å². The third-order valence-corrected chi connectivity index (χ3v) is 3.79. The fourth-order valence-electron chi connectivity index (χ4n) is 2.30. The van der Waals surface area contributed by atoms with Crippen molar-refractivity contribution in [3.05, 3.63) is 17.0 Å². The van der Waals surface area contributed by atoms with Gasteiger partial charge in [-0.05, 0) is 32.6 Å². The van der Waals surface area contributed by atoms with Crippen molar-refractivity contribution in [2.45, 2.75) is 40.2 Å². The Morgan fingerprint density at radius 1 is 1.42 bits per heavy atom. The van der Waals surface area contributed by atoms with Gasteiger partial charge in [-0.2, -0.15) is 5.10 Å². The van der Waals surface area contributed by atoms with Crippen molar-refractivity contribution in [1.29, 1.82) is 0 Å². The number of rotatable bonds is 2. The molecule has 0 amide bonds. The zero-order chi connectivity index (χ0) is 13.1. The highest BCUT2D eigenvalue weighted by Gasteiger charge is 2.17. The topological polar surface area (TPSA) is 70.3 Å². The molecular weight excluding hydrogens is 353 g/mol. The number of aromatic amines is 1. The van der Waals surface area contributed by atoms with Crippen LogP contribution in [0.25, 0.3) is 0 Å². The number of nitrogens with two attached hydrogens (primary N) is 1. The molecule has 19 heavy (non-hydrogen) atoms. The van der Waals surface area contributed by atoms with Gasteiger partial charge in [-0.3, -0.25) is 5.10 Å². The average molecular weight is 377 g/mol. The standard InChI is InChI=1S/C13H23N5.HI/c1-9-4-6-18(7-5-9)13(14)15-8-12-10(2)16-17-11(12)3;/h9H,4-8H2,1-3H3,(H2,14,15)(H,16,17);1H. The molecule has 108 valence electrons. The molecule has 1 aliphatic heterocycles. The van der Waals surface area contributed by atoms with E-state index in [1.165, 1.54) is 12.8 Å². The van der Waals surface area contributed by atoms with Gasteiger partial charge in [-0.1, -0.05) is 6.92 Å². The zero-order valence-corrected chi connectivity index (χ0v) is 14.3. The number of H-pyrrole nitrogens is 1. The fourth-order valence-corrected chi connectivity index (χ4v) is 2.30. The van der Waals surface area contributed by atoms with E-state index in [0.717, 1.165) is 36.0 Å². The first-order chi connectivity index (χ1) is 8.58. The number of guanidine groups is 1. The Morgan fingerprint density at radius 2 is 2.05 bits per heavy atom. The fraction of sp³-hybridized carbons (Fsp3) is 0.692. The van der Waals surface area contributed by atoms with Crippen LogP contribution in [0.5, 0.6) is 0 Å². The summed E-state index contributed by atoms with van der Waals surface area (Å²) < 4.78 is 0. The summed E-state index contributed by atoms with van der Waals surface area (Å²) in [4.78, 5) is 6.68. The molecule has 1 saturated heterocycles. The lowest BCUT2D eigenvalue weighted by Gasteiger charge is -2.31. The van der Waals surface area contributed by atoms with Crippen LogP contribution in [0, 0.1) is 19.8 Å². The molecule has 1 aromatic heterocycles. The second-order valence-electron chi connectivity index (χ2n) is 5.26. The molecule has 0 aliphatic carbocycles. The van der Waals surface area contributed by atoms with Gasteiger partial charge >= 0.3 is 0 Å². The Hall–Kier alpha value is -0.790. The Labute approximate surface area is 132 Å². The zero-order valence-electron chi connectivity index (χ0n) is 11.9. The Kier molecular flexibility index (Phi) is 6.09. The van der Waals surface area contributed by atoms with Crippen molar-refractivity contribution in [2.24, 2.45) is 16.6 Å². The number of hydrogen-bond acceptors (Lipinski definition) is 2. The molecule has 6 heteroatoms. The van der Waals surface area contributed by atoms with E-state index in [4.69, 9.17) is 5.73 Å². The van der Waals surface area contributed by atoms with Crippen molar-refractivity contribution in [2.75, 3.05) is 13.1 Å². The second kappa shape index (κ2) is 7.12. The summed E-state index contributed by atoms with van der Waals surface area (Å²) in [6, 6.07) is 0. The Morgan fingerprint density at radius 3 is 2.58 bits per heavy atom. The van der Waals surface area contributed by atoms with Crippen molar-refractivity contribution in [1.82, 2.24) is 15.1 Å². The first kappa shape index (κ1) is 16.3. The second-order valence-corrected chi connectivity index (χ2v) is 5.26. The lowest BCUT2D eigenvalue weighted by atomic mass is 10.00. The van der Waals surface area contributed by atoms with Crippen molar-refractivity contribution < 1.29 is 0 Å². The van der Waals surface area contributed by atoms with E-state index >= 15 is 0 Å². The number of halogens is 1. The highest BCUT2D eigenvalue weighted by Crippen LogP contribution is 2.16. The van der Waals surface area contributed by atoms with Gasteiger partial charge in [0.25, 0.3) is 0 Å². The number of nitrogens with one attached hydrogen (secondary N) is 1. The van der Waals surface area contributed by atoms with Crippen LogP contribution < -0.4 is 5.73 Å². The summed E-state index contributed by atoms with van der Waals surface area (Å²) >= 11 is 0. The van der Waals surface area contributed by atoms with Crippen LogP contribution in [0.4, 0.5) is 0 Å². The van der Waals surface area contributed by atoms with E-state index in [-0.39, 0.29) is 24.0 Å². The molecule has 0 aromatic carbocycles. The van der Waals surface area contributed by atoms with Crippen LogP contribution in [0.2, 0.25) is 0 Å². The van der Waals surface area contributed by atoms with Gasteiger partial charge in [0.15, 0.2) is 5.96 Å². The highest BCUT2D eigenvalue weighted by atomic mass is 127. The minimum Gasteiger partial charge on any atom is -0.370 e. The summed E-state index contributed by atoms with van der Waals surface area (Å²) in [5.74, 6) is 1.48. The first-order valence-corrected chi connectivity index (χ1v) is 6.63. The minimum atomic E-state index is 0. The number of aliphatic imine (C=N–C) groups is 1. The quantitative estimate of drug-likeness (QED) is 0.472. The van der Waals surface area contributed by atoms with E-state index in [2.05, 4.69) is 27.0 Å². The predicted octanol–water partition coefficient (Wildman–Crippen LogP) is 2.19. The molecule has 3 N–H and O–H groups in total. The smallest absolute Gasteiger partial charge is 0.191 e. The number of aryl methyl sites for hydroxylation is 2. The van der Waals surface area contributed by atoms with Crippen LogP contribution in [0.15, 0.2) is 4.99 Å². The number of likely N-dealkylation sites (tertiary alicyclic amines) is 1. The summed E-state index contributed by atoms with van der Waals surface area (Å²) in [7, 11) is 0. The van der Waals surface area contributed by atoms with Gasteiger partial charge in [0.05, 0.1) is 12.2 Å². The van der Waals surface area contributed by atoms with Gasteiger partial charge < -0.3 is 10.6 Å². The van der Waals surface area contributed by atoms with Crippen molar-refractivity contribution in [3.63, 3.8) is 0 Å². The van der Waals surface area contributed by atoms with E-state index in [1.807, 2.05) is 13.8 Å². The molecule has 0 spiro atoms. The monoisotopic (exact) mass is 377 g/mol. The number of aromatic nitrogens is 2. The molecule has 0 atom stereocenters. The molecule has 1 aromatic rings. The van der Waals surface area contributed by atoms with Gasteiger partial charge in [-0.25, -0.2) is 4.99 Å². The summed E-state index contributed by atoms with van der Waals surface area (Å²) in [6.07, 6.45) is 2.42. The van der Waals surface area contributed by atoms with Crippen molar-refractivity contribution in [3.8, 4) is 0 Å². The number of piperidine rings is 1. The van der Waals surface area contributed by atoms with Crippen LogP contribution in [0.3, 0.4) is 0 Å². The van der Waals surface area contributed by atoms with Gasteiger partial charge in [-0.15, -0.1) is 24.0 Å². The molecule has 1 aliphatic rings. The van der Waals surface area contributed by atoms with Gasteiger partial charge in [0.2, 0.25) is 0 Å². The van der Waals surface area contributed by atoms with Crippen LogP contribution in [-0.4, -0.2) is 34.1 Å². The third-order valence-electron chi connectivity index (χ3n) is 3.79. The molecule has 0 radical (unpaired) electrons. The Bertz CT molecular complexity index is 413. The van der Waals surface area contributed by atoms with Crippen molar-refractivity contribution >= 4 is 29.9 Å². The van der Waals surface area contributed by atoms with Crippen LogP contribution in [-0.2, 0) is 6.54 Å². The van der Waals surface area contributed by atoms with Gasteiger partial charge in [0, 0.05) is 24.3 Å². The molecule has 2 rings (SSSR count). The molecule has 1 fully saturated rings. The summed E-state index contributed by atoms with van der Waals surface area (Å²) in [5, 5.41) is 7.14.